The van der Waals surface area contributed by atoms with E-state index in [-0.39, 0.29) is 24.2 Å². The van der Waals surface area contributed by atoms with Crippen LogP contribution in [0.2, 0.25) is 0 Å². The van der Waals surface area contributed by atoms with E-state index in [0.29, 0.717) is 0 Å². The van der Waals surface area contributed by atoms with Gasteiger partial charge in [0.2, 0.25) is 5.91 Å². The Bertz CT molecular complexity index is 497. The number of carbonyl (C=O) groups is 1. The monoisotopic (exact) mass is 324 g/mol. The minimum Gasteiger partial charge on any atom is -0.372 e. The van der Waals surface area contributed by atoms with Crippen LogP contribution in [0.25, 0.3) is 0 Å². The van der Waals surface area contributed by atoms with Crippen molar-refractivity contribution < 1.29 is 14.3 Å². The summed E-state index contributed by atoms with van der Waals surface area (Å²) in [6.45, 7) is 3.84. The van der Waals surface area contributed by atoms with Crippen molar-refractivity contribution in [3.05, 3.63) is 22.4 Å². The van der Waals surface area contributed by atoms with Gasteiger partial charge in [-0.25, -0.2) is 0 Å². The van der Waals surface area contributed by atoms with E-state index in [1.54, 1.807) is 30.3 Å². The Kier molecular flexibility index (Phi) is 4.82. The van der Waals surface area contributed by atoms with Crippen molar-refractivity contribution >= 4 is 17.2 Å². The number of thiophene rings is 1. The van der Waals surface area contributed by atoms with Crippen LogP contribution in [0, 0.1) is 0 Å². The van der Waals surface area contributed by atoms with Crippen LogP contribution in [-0.4, -0.2) is 67.8 Å². The zero-order chi connectivity index (χ0) is 15.6. The van der Waals surface area contributed by atoms with E-state index >= 15 is 0 Å². The van der Waals surface area contributed by atoms with E-state index < -0.39 is 0 Å². The quantitative estimate of drug-likeness (QED) is 0.825. The van der Waals surface area contributed by atoms with Gasteiger partial charge in [-0.05, 0) is 17.9 Å². The molecule has 0 radical (unpaired) electrons. The predicted molar refractivity (Wildman–Crippen MR) is 85.9 cm³/mol. The van der Waals surface area contributed by atoms with Gasteiger partial charge < -0.3 is 14.4 Å². The molecule has 0 bridgehead atoms. The second-order valence-electron chi connectivity index (χ2n) is 6.47. The summed E-state index contributed by atoms with van der Waals surface area (Å²) in [5, 5.41) is 2.12. The van der Waals surface area contributed by atoms with Gasteiger partial charge in [-0.15, -0.1) is 11.3 Å². The molecule has 1 amide bonds. The zero-order valence-electron chi connectivity index (χ0n) is 13.3. The molecule has 6 heteroatoms. The van der Waals surface area contributed by atoms with E-state index in [4.69, 9.17) is 9.47 Å². The molecule has 0 aromatic carbocycles. The molecule has 2 aliphatic heterocycles. The van der Waals surface area contributed by atoms with Crippen molar-refractivity contribution in [2.24, 2.45) is 0 Å². The standard InChI is InChI=1S/C16H24N2O3S/c1-17(2)15(19)10-20-13-5-6-21-16(8-13)11-18(12-16)9-14-4-3-7-22-14/h3-4,7,13H,5-6,8-12H2,1-2H3/t13-/m1/s1. The third-order valence-electron chi connectivity index (χ3n) is 4.37. The maximum Gasteiger partial charge on any atom is 0.248 e. The molecule has 1 aromatic rings. The number of nitrogens with zero attached hydrogens (tertiary/aromatic N) is 2. The smallest absolute Gasteiger partial charge is 0.248 e. The van der Waals surface area contributed by atoms with Gasteiger partial charge >= 0.3 is 0 Å². The van der Waals surface area contributed by atoms with Crippen molar-refractivity contribution in [2.75, 3.05) is 40.4 Å². The lowest BCUT2D eigenvalue weighted by atomic mass is 9.84. The van der Waals surface area contributed by atoms with Crippen LogP contribution in [0.1, 0.15) is 17.7 Å². The van der Waals surface area contributed by atoms with Crippen LogP contribution < -0.4 is 0 Å². The summed E-state index contributed by atoms with van der Waals surface area (Å²) >= 11 is 1.80. The number of likely N-dealkylation sites (tertiary alicyclic amines) is 1. The Morgan fingerprint density at radius 1 is 1.55 bits per heavy atom. The first-order chi connectivity index (χ1) is 10.6. The van der Waals surface area contributed by atoms with Crippen LogP contribution in [0.5, 0.6) is 0 Å². The van der Waals surface area contributed by atoms with Gasteiger partial charge in [-0.1, -0.05) is 6.07 Å². The molecule has 0 aliphatic carbocycles. The van der Waals surface area contributed by atoms with Crippen molar-refractivity contribution in [2.45, 2.75) is 31.1 Å². The van der Waals surface area contributed by atoms with E-state index in [1.807, 2.05) is 0 Å². The molecule has 1 atom stereocenters. The first-order valence-corrected chi connectivity index (χ1v) is 8.65. The van der Waals surface area contributed by atoms with Crippen molar-refractivity contribution in [1.29, 1.82) is 0 Å². The van der Waals surface area contributed by atoms with Crippen LogP contribution in [0.15, 0.2) is 17.5 Å². The largest absolute Gasteiger partial charge is 0.372 e. The van der Waals surface area contributed by atoms with Crippen LogP contribution in [0.4, 0.5) is 0 Å². The van der Waals surface area contributed by atoms with Crippen LogP contribution in [0.3, 0.4) is 0 Å². The molecule has 2 saturated heterocycles. The normalized spacial score (nSPS) is 24.2. The lowest BCUT2D eigenvalue weighted by molar-refractivity contribution is -0.199. The maximum absolute atomic E-state index is 11.6. The first kappa shape index (κ1) is 15.9. The molecule has 0 N–H and O–H groups in total. The molecule has 0 saturated carbocycles. The van der Waals surface area contributed by atoms with Gasteiger partial charge in [0.15, 0.2) is 0 Å². The SMILES string of the molecule is CN(C)C(=O)CO[C@@H]1CCOC2(C1)CN(Cc1cccs1)C2. The molecular formula is C16H24N2O3S. The lowest BCUT2D eigenvalue weighted by Crippen LogP contribution is -2.65. The van der Waals surface area contributed by atoms with Crippen LogP contribution in [-0.2, 0) is 20.8 Å². The van der Waals surface area contributed by atoms with Gasteiger partial charge in [0.1, 0.15) is 6.61 Å². The average Bonchev–Trinajstić information content (AvgIpc) is 2.96. The van der Waals surface area contributed by atoms with E-state index in [0.717, 1.165) is 39.1 Å². The molecule has 5 nitrogen and oxygen atoms in total. The molecule has 1 spiro atoms. The Morgan fingerprint density at radius 2 is 2.36 bits per heavy atom. The summed E-state index contributed by atoms with van der Waals surface area (Å²) in [5.41, 5.74) is -0.0542. The Hall–Kier alpha value is -0.950. The minimum absolute atomic E-state index is 0.0217. The van der Waals surface area contributed by atoms with Gasteiger partial charge in [-0.2, -0.15) is 0 Å². The number of hydrogen-bond acceptors (Lipinski definition) is 5. The first-order valence-electron chi connectivity index (χ1n) is 7.77. The number of rotatable bonds is 5. The van der Waals surface area contributed by atoms with Gasteiger partial charge in [-0.3, -0.25) is 9.69 Å². The third kappa shape index (κ3) is 3.68. The van der Waals surface area contributed by atoms with E-state index in [2.05, 4.69) is 22.4 Å². The number of amides is 1. The highest BCUT2D eigenvalue weighted by Crippen LogP contribution is 2.36. The summed E-state index contributed by atoms with van der Waals surface area (Å²) in [7, 11) is 3.51. The molecule has 0 unspecified atom stereocenters. The molecular weight excluding hydrogens is 300 g/mol. The molecule has 2 fully saturated rings. The predicted octanol–water partition coefficient (Wildman–Crippen LogP) is 1.59. The molecule has 122 valence electrons. The highest BCUT2D eigenvalue weighted by Gasteiger charge is 2.47. The number of carbonyl (C=O) groups excluding carboxylic acids is 1. The van der Waals surface area contributed by atoms with Gasteiger partial charge in [0.25, 0.3) is 0 Å². The molecule has 2 aliphatic rings. The topological polar surface area (TPSA) is 42.0 Å². The fourth-order valence-electron chi connectivity index (χ4n) is 3.17. The second-order valence-corrected chi connectivity index (χ2v) is 7.50. The fourth-order valence-corrected chi connectivity index (χ4v) is 3.91. The summed E-state index contributed by atoms with van der Waals surface area (Å²) in [5.74, 6) is 0.0217. The van der Waals surface area contributed by atoms with E-state index in [9.17, 15) is 4.79 Å². The number of hydrogen-bond donors (Lipinski definition) is 0. The van der Waals surface area contributed by atoms with E-state index in [1.165, 1.54) is 4.88 Å². The third-order valence-corrected chi connectivity index (χ3v) is 5.23. The Balaban J connectivity index is 1.44. The van der Waals surface area contributed by atoms with Crippen molar-refractivity contribution in [3.8, 4) is 0 Å². The number of ether oxygens (including phenoxy) is 2. The Labute approximate surface area is 135 Å². The van der Waals surface area contributed by atoms with Crippen molar-refractivity contribution in [3.63, 3.8) is 0 Å². The summed E-state index contributed by atoms with van der Waals surface area (Å²) in [6, 6.07) is 4.27. The highest BCUT2D eigenvalue weighted by atomic mass is 32.1. The van der Waals surface area contributed by atoms with Gasteiger partial charge in [0.05, 0.1) is 11.7 Å². The lowest BCUT2D eigenvalue weighted by Gasteiger charge is -2.53. The minimum atomic E-state index is -0.0542. The number of likely N-dealkylation sites (N-methyl/N-ethyl adjacent to an activating group) is 1. The summed E-state index contributed by atoms with van der Waals surface area (Å²) in [6.07, 6.45) is 1.92. The highest BCUT2D eigenvalue weighted by molar-refractivity contribution is 7.09. The molecule has 1 aromatic heterocycles. The van der Waals surface area contributed by atoms with Crippen molar-refractivity contribution in [1.82, 2.24) is 9.80 Å². The zero-order valence-corrected chi connectivity index (χ0v) is 14.1. The molecule has 22 heavy (non-hydrogen) atoms. The Morgan fingerprint density at radius 3 is 3.05 bits per heavy atom. The second kappa shape index (κ2) is 6.66. The fraction of sp³-hybridized carbons (Fsp3) is 0.688. The van der Waals surface area contributed by atoms with Gasteiger partial charge in [0, 0.05) is 51.6 Å². The average molecular weight is 324 g/mol. The summed E-state index contributed by atoms with van der Waals surface area (Å²) in [4.78, 5) is 17.0. The summed E-state index contributed by atoms with van der Waals surface area (Å²) < 4.78 is 11.8. The molecule has 3 rings (SSSR count). The van der Waals surface area contributed by atoms with Crippen LogP contribution >= 0.6 is 11.3 Å². The molecule has 3 heterocycles. The maximum atomic E-state index is 11.6.